The average molecular weight is 356 g/mol. The van der Waals surface area contributed by atoms with Crippen LogP contribution in [0.2, 0.25) is 0 Å². The maximum atomic E-state index is 13.1. The maximum Gasteiger partial charge on any atom is 0.337 e. The molecule has 5 nitrogen and oxygen atoms in total. The van der Waals surface area contributed by atoms with Crippen LogP contribution >= 0.6 is 0 Å². The standard InChI is InChI=1S/C20H21FN2O3/c1-14-19(24)23(18-9-7-17(21)8-10-18)12-11-22(14)13-15-3-5-16(6-4-15)20(25)26-2/h3-10,14H,11-13H2,1-2H3. The Kier molecular flexibility index (Phi) is 5.32. The van der Waals surface area contributed by atoms with E-state index in [9.17, 15) is 14.0 Å². The Morgan fingerprint density at radius 3 is 2.38 bits per heavy atom. The number of halogens is 1. The van der Waals surface area contributed by atoms with Gasteiger partial charge in [0.2, 0.25) is 5.91 Å². The highest BCUT2D eigenvalue weighted by atomic mass is 19.1. The van der Waals surface area contributed by atoms with E-state index in [1.807, 2.05) is 19.1 Å². The minimum atomic E-state index is -0.368. The van der Waals surface area contributed by atoms with Crippen LogP contribution in [0.3, 0.4) is 0 Å². The molecule has 1 aliphatic heterocycles. The third kappa shape index (κ3) is 3.75. The lowest BCUT2D eigenvalue weighted by Crippen LogP contribution is -2.55. The van der Waals surface area contributed by atoms with E-state index >= 15 is 0 Å². The second-order valence-electron chi connectivity index (χ2n) is 6.30. The Bertz CT molecular complexity index is 790. The number of benzene rings is 2. The number of hydrogen-bond donors (Lipinski definition) is 0. The second-order valence-corrected chi connectivity index (χ2v) is 6.30. The van der Waals surface area contributed by atoms with Gasteiger partial charge < -0.3 is 9.64 Å². The summed E-state index contributed by atoms with van der Waals surface area (Å²) in [5, 5.41) is 0. The normalized spacial score (nSPS) is 18.0. The SMILES string of the molecule is COC(=O)c1ccc(CN2CCN(c3ccc(F)cc3)C(=O)C2C)cc1. The van der Waals surface area contributed by atoms with Crippen molar-refractivity contribution in [3.05, 3.63) is 65.5 Å². The van der Waals surface area contributed by atoms with Crippen LogP contribution in [-0.4, -0.2) is 43.0 Å². The number of esters is 1. The Labute approximate surface area is 152 Å². The minimum absolute atomic E-state index is 0.00552. The third-order valence-corrected chi connectivity index (χ3v) is 4.68. The van der Waals surface area contributed by atoms with E-state index in [-0.39, 0.29) is 23.7 Å². The van der Waals surface area contributed by atoms with E-state index in [4.69, 9.17) is 4.74 Å². The summed E-state index contributed by atoms with van der Waals surface area (Å²) in [7, 11) is 1.35. The maximum absolute atomic E-state index is 13.1. The van der Waals surface area contributed by atoms with Gasteiger partial charge in [-0.25, -0.2) is 9.18 Å². The molecule has 1 fully saturated rings. The summed E-state index contributed by atoms with van der Waals surface area (Å²) in [6, 6.07) is 12.9. The van der Waals surface area contributed by atoms with Crippen LogP contribution < -0.4 is 4.90 Å². The van der Waals surface area contributed by atoms with Crippen molar-refractivity contribution in [1.29, 1.82) is 0 Å². The number of rotatable bonds is 4. The molecule has 1 unspecified atom stereocenters. The first kappa shape index (κ1) is 18.1. The predicted molar refractivity (Wildman–Crippen MR) is 96.4 cm³/mol. The van der Waals surface area contributed by atoms with Gasteiger partial charge in [0, 0.05) is 25.3 Å². The summed E-state index contributed by atoms with van der Waals surface area (Å²) in [5.41, 5.74) is 2.24. The van der Waals surface area contributed by atoms with Crippen LogP contribution in [0.5, 0.6) is 0 Å². The molecule has 0 bridgehead atoms. The van der Waals surface area contributed by atoms with Crippen molar-refractivity contribution in [3.63, 3.8) is 0 Å². The van der Waals surface area contributed by atoms with Gasteiger partial charge >= 0.3 is 5.97 Å². The van der Waals surface area contributed by atoms with Gasteiger partial charge in [-0.15, -0.1) is 0 Å². The Hall–Kier alpha value is -2.73. The fourth-order valence-electron chi connectivity index (χ4n) is 3.11. The van der Waals surface area contributed by atoms with Gasteiger partial charge in [-0.05, 0) is 48.9 Å². The molecule has 3 rings (SSSR count). The average Bonchev–Trinajstić information content (AvgIpc) is 2.66. The number of carbonyl (C=O) groups excluding carboxylic acids is 2. The fourth-order valence-corrected chi connectivity index (χ4v) is 3.11. The van der Waals surface area contributed by atoms with E-state index in [1.54, 1.807) is 29.2 Å². The molecular formula is C20H21FN2O3. The topological polar surface area (TPSA) is 49.9 Å². The number of piperazine rings is 1. The highest BCUT2D eigenvalue weighted by molar-refractivity contribution is 5.97. The van der Waals surface area contributed by atoms with Gasteiger partial charge in [0.1, 0.15) is 5.82 Å². The Balaban J connectivity index is 1.67. The first-order chi connectivity index (χ1) is 12.5. The van der Waals surface area contributed by atoms with E-state index in [2.05, 4.69) is 4.90 Å². The molecule has 2 aromatic carbocycles. The number of amides is 1. The third-order valence-electron chi connectivity index (χ3n) is 4.68. The van der Waals surface area contributed by atoms with E-state index in [0.717, 1.165) is 5.56 Å². The van der Waals surface area contributed by atoms with Gasteiger partial charge in [-0.2, -0.15) is 0 Å². The van der Waals surface area contributed by atoms with Crippen LogP contribution in [0.25, 0.3) is 0 Å². The molecule has 1 saturated heterocycles. The molecular weight excluding hydrogens is 335 g/mol. The lowest BCUT2D eigenvalue weighted by molar-refractivity contribution is -0.125. The zero-order valence-corrected chi connectivity index (χ0v) is 14.8. The molecule has 0 aromatic heterocycles. The number of carbonyl (C=O) groups is 2. The molecule has 136 valence electrons. The highest BCUT2D eigenvalue weighted by Gasteiger charge is 2.32. The molecule has 6 heteroatoms. The smallest absolute Gasteiger partial charge is 0.337 e. The van der Waals surface area contributed by atoms with Crippen LogP contribution in [0.1, 0.15) is 22.8 Å². The summed E-state index contributed by atoms with van der Waals surface area (Å²) in [5.74, 6) is -0.690. The van der Waals surface area contributed by atoms with Crippen LogP contribution in [0, 0.1) is 5.82 Å². The van der Waals surface area contributed by atoms with Gasteiger partial charge in [0.25, 0.3) is 0 Å². The van der Waals surface area contributed by atoms with Crippen LogP contribution in [-0.2, 0) is 16.1 Å². The zero-order valence-electron chi connectivity index (χ0n) is 14.8. The number of anilines is 1. The van der Waals surface area contributed by atoms with Gasteiger partial charge in [0.15, 0.2) is 0 Å². The minimum Gasteiger partial charge on any atom is -0.465 e. The number of methoxy groups -OCH3 is 1. The van der Waals surface area contributed by atoms with Crippen molar-refractivity contribution in [3.8, 4) is 0 Å². The summed E-state index contributed by atoms with van der Waals surface area (Å²) in [6.07, 6.45) is 0. The molecule has 0 aliphatic carbocycles. The number of nitrogens with zero attached hydrogens (tertiary/aromatic N) is 2. The van der Waals surface area contributed by atoms with Gasteiger partial charge in [0.05, 0.1) is 18.7 Å². The largest absolute Gasteiger partial charge is 0.465 e. The summed E-state index contributed by atoms with van der Waals surface area (Å²) in [6.45, 7) is 3.75. The molecule has 26 heavy (non-hydrogen) atoms. The molecule has 1 aliphatic rings. The molecule has 1 atom stereocenters. The first-order valence-corrected chi connectivity index (χ1v) is 8.48. The van der Waals surface area contributed by atoms with Gasteiger partial charge in [-0.3, -0.25) is 9.69 Å². The summed E-state index contributed by atoms with van der Waals surface area (Å²) in [4.78, 5) is 28.0. The summed E-state index contributed by atoms with van der Waals surface area (Å²) < 4.78 is 17.8. The van der Waals surface area contributed by atoms with Crippen molar-refractivity contribution in [2.75, 3.05) is 25.1 Å². The lowest BCUT2D eigenvalue weighted by Gasteiger charge is -2.39. The molecule has 0 N–H and O–H groups in total. The number of ether oxygens (including phenoxy) is 1. The fraction of sp³-hybridized carbons (Fsp3) is 0.300. The van der Waals surface area contributed by atoms with E-state index in [1.165, 1.54) is 19.2 Å². The molecule has 0 radical (unpaired) electrons. The Morgan fingerprint density at radius 1 is 1.12 bits per heavy atom. The van der Waals surface area contributed by atoms with Crippen molar-refractivity contribution in [1.82, 2.24) is 4.90 Å². The quantitative estimate of drug-likeness (QED) is 0.791. The molecule has 2 aromatic rings. The molecule has 1 amide bonds. The lowest BCUT2D eigenvalue weighted by atomic mass is 10.1. The molecule has 1 heterocycles. The molecule has 0 spiro atoms. The van der Waals surface area contributed by atoms with Crippen molar-refractivity contribution in [2.24, 2.45) is 0 Å². The predicted octanol–water partition coefficient (Wildman–Crippen LogP) is 2.85. The number of hydrogen-bond acceptors (Lipinski definition) is 4. The Morgan fingerprint density at radius 2 is 1.77 bits per heavy atom. The summed E-state index contributed by atoms with van der Waals surface area (Å²) >= 11 is 0. The second kappa shape index (κ2) is 7.66. The van der Waals surface area contributed by atoms with Crippen LogP contribution in [0.4, 0.5) is 10.1 Å². The van der Waals surface area contributed by atoms with Crippen molar-refractivity contribution < 1.29 is 18.7 Å². The highest BCUT2D eigenvalue weighted by Crippen LogP contribution is 2.22. The van der Waals surface area contributed by atoms with Crippen LogP contribution in [0.15, 0.2) is 48.5 Å². The van der Waals surface area contributed by atoms with E-state index < -0.39 is 0 Å². The monoisotopic (exact) mass is 356 g/mol. The van der Waals surface area contributed by atoms with Crippen molar-refractivity contribution >= 4 is 17.6 Å². The molecule has 0 saturated carbocycles. The first-order valence-electron chi connectivity index (χ1n) is 8.48. The zero-order chi connectivity index (χ0) is 18.7. The van der Waals surface area contributed by atoms with Crippen molar-refractivity contribution in [2.45, 2.75) is 19.5 Å². The van der Waals surface area contributed by atoms with E-state index in [0.29, 0.717) is 30.9 Å². The van der Waals surface area contributed by atoms with Gasteiger partial charge in [-0.1, -0.05) is 12.1 Å².